The summed E-state index contributed by atoms with van der Waals surface area (Å²) in [4.78, 5) is 54.5. The molecule has 2 amide bonds. The number of carbonyl (C=O) groups is 4. The van der Waals surface area contributed by atoms with Crippen LogP contribution in [0.3, 0.4) is 0 Å². The van der Waals surface area contributed by atoms with Crippen molar-refractivity contribution >= 4 is 23.6 Å². The number of amides is 2. The average molecular weight is 635 g/mol. The van der Waals surface area contributed by atoms with Crippen molar-refractivity contribution in [2.45, 2.75) is 63.3 Å². The number of ketones is 2. The molecule has 0 saturated carbocycles. The summed E-state index contributed by atoms with van der Waals surface area (Å²) in [6, 6.07) is 26.6. The fraction of sp³-hybridized carbons (Fsp3) is 0.333. The Labute approximate surface area is 276 Å². The van der Waals surface area contributed by atoms with Crippen molar-refractivity contribution in [2.75, 3.05) is 6.61 Å². The van der Waals surface area contributed by atoms with Gasteiger partial charge < -0.3 is 20.1 Å². The van der Waals surface area contributed by atoms with Crippen molar-refractivity contribution < 1.29 is 28.7 Å². The van der Waals surface area contributed by atoms with Crippen LogP contribution in [0.4, 0.5) is 4.79 Å². The molecular formula is C39H42N2O6. The van der Waals surface area contributed by atoms with Gasteiger partial charge in [0.25, 0.3) is 0 Å². The van der Waals surface area contributed by atoms with Gasteiger partial charge in [0.1, 0.15) is 12.2 Å². The van der Waals surface area contributed by atoms with Crippen molar-refractivity contribution in [1.29, 1.82) is 0 Å². The Morgan fingerprint density at radius 1 is 0.809 bits per heavy atom. The largest absolute Gasteiger partial charge is 0.445 e. The topological polar surface area (TPSA) is 114 Å². The Kier molecular flexibility index (Phi) is 11.5. The van der Waals surface area contributed by atoms with E-state index in [1.54, 1.807) is 6.92 Å². The van der Waals surface area contributed by atoms with Crippen molar-refractivity contribution in [3.63, 3.8) is 0 Å². The van der Waals surface area contributed by atoms with Gasteiger partial charge in [-0.25, -0.2) is 4.79 Å². The Bertz CT molecular complexity index is 1570. The van der Waals surface area contributed by atoms with E-state index in [0.717, 1.165) is 23.1 Å². The van der Waals surface area contributed by atoms with E-state index in [1.807, 2.05) is 115 Å². The molecular weight excluding hydrogens is 592 g/mol. The lowest BCUT2D eigenvalue weighted by molar-refractivity contribution is -0.134. The Hall–Kier alpha value is -4.82. The number of alkyl carbamates (subject to hydrolysis) is 1. The van der Waals surface area contributed by atoms with Gasteiger partial charge >= 0.3 is 6.09 Å². The van der Waals surface area contributed by atoms with Crippen molar-refractivity contribution in [1.82, 2.24) is 10.6 Å². The maximum absolute atomic E-state index is 14.0. The van der Waals surface area contributed by atoms with Crippen LogP contribution in [0.2, 0.25) is 0 Å². The summed E-state index contributed by atoms with van der Waals surface area (Å²) in [6.07, 6.45) is 8.80. The Morgan fingerprint density at radius 3 is 1.98 bits per heavy atom. The number of carbonyl (C=O) groups excluding carboxylic acids is 4. The number of epoxide rings is 1. The van der Waals surface area contributed by atoms with Crippen LogP contribution >= 0.6 is 0 Å². The summed E-state index contributed by atoms with van der Waals surface area (Å²) in [5.74, 6) is -1.61. The second-order valence-electron chi connectivity index (χ2n) is 12.5. The summed E-state index contributed by atoms with van der Waals surface area (Å²) in [7, 11) is 0. The average Bonchev–Trinajstić information content (AvgIpc) is 3.86. The minimum atomic E-state index is -0.936. The summed E-state index contributed by atoms with van der Waals surface area (Å²) in [6.45, 7) is 2.10. The molecule has 3 aromatic rings. The molecule has 1 aliphatic carbocycles. The highest BCUT2D eigenvalue weighted by molar-refractivity contribution is 5.98. The number of benzene rings is 3. The number of hydrogen-bond donors (Lipinski definition) is 2. The third-order valence-corrected chi connectivity index (χ3v) is 8.66. The zero-order chi connectivity index (χ0) is 33.1. The third-order valence-electron chi connectivity index (χ3n) is 8.66. The predicted octanol–water partition coefficient (Wildman–Crippen LogP) is 5.71. The monoisotopic (exact) mass is 634 g/mol. The number of nitrogens with one attached hydrogen (secondary N) is 2. The first-order valence-electron chi connectivity index (χ1n) is 16.2. The molecule has 2 aliphatic rings. The maximum atomic E-state index is 14.0. The standard InChI is InChI=1S/C39H42N2O6/c1-39(27-47-39)36(43)34(24-30-18-10-4-11-19-30)40-37(44)32(22-28-14-6-2-7-15-28)25-35(42)33(23-29-16-8-3-9-17-29)41-38(45)46-26-31-20-12-5-13-21-31/h2-16,18-21,29,32-34H,17,22-27H2,1H3,(H,40,44)(H,41,45)/t29?,32-,33-,34+,39-/m1/s1. The zero-order valence-corrected chi connectivity index (χ0v) is 26.7. The van der Waals surface area contributed by atoms with Crippen LogP contribution in [0.5, 0.6) is 0 Å². The number of rotatable bonds is 16. The van der Waals surface area contributed by atoms with Crippen LogP contribution in [-0.2, 0) is 43.3 Å². The predicted molar refractivity (Wildman–Crippen MR) is 179 cm³/mol. The number of ether oxygens (including phenoxy) is 2. The molecule has 5 rings (SSSR count). The molecule has 0 bridgehead atoms. The summed E-state index contributed by atoms with van der Waals surface area (Å²) in [5.41, 5.74) is 1.68. The van der Waals surface area contributed by atoms with E-state index in [-0.39, 0.29) is 36.9 Å². The van der Waals surface area contributed by atoms with Crippen LogP contribution in [0, 0.1) is 11.8 Å². The molecule has 1 saturated heterocycles. The second-order valence-corrected chi connectivity index (χ2v) is 12.5. The normalized spacial score (nSPS) is 20.0. The van der Waals surface area contributed by atoms with Crippen LogP contribution in [-0.4, -0.2) is 47.9 Å². The van der Waals surface area contributed by atoms with E-state index in [1.165, 1.54) is 0 Å². The van der Waals surface area contributed by atoms with Gasteiger partial charge in [-0.2, -0.15) is 0 Å². The zero-order valence-electron chi connectivity index (χ0n) is 26.7. The lowest BCUT2D eigenvalue weighted by atomic mass is 9.86. The third kappa shape index (κ3) is 10.1. The van der Waals surface area contributed by atoms with Gasteiger partial charge in [-0.1, -0.05) is 115 Å². The molecule has 1 aliphatic heterocycles. The first-order chi connectivity index (χ1) is 22.8. The molecule has 3 aromatic carbocycles. The summed E-state index contributed by atoms with van der Waals surface area (Å²) >= 11 is 0. The molecule has 244 valence electrons. The van der Waals surface area contributed by atoms with Crippen molar-refractivity contribution in [3.05, 3.63) is 132 Å². The first kappa shape index (κ1) is 33.5. The van der Waals surface area contributed by atoms with Crippen molar-refractivity contribution in [2.24, 2.45) is 11.8 Å². The number of Topliss-reactive ketones (excluding diaryl/α,β-unsaturated/α-hetero) is 2. The number of hydrogen-bond acceptors (Lipinski definition) is 6. The lowest BCUT2D eigenvalue weighted by Crippen LogP contribution is -2.50. The van der Waals surface area contributed by atoms with Crippen LogP contribution < -0.4 is 10.6 Å². The molecule has 0 radical (unpaired) electrons. The van der Waals surface area contributed by atoms with E-state index in [4.69, 9.17) is 9.47 Å². The van der Waals surface area contributed by atoms with E-state index < -0.39 is 35.6 Å². The van der Waals surface area contributed by atoms with Gasteiger partial charge in [-0.3, -0.25) is 14.4 Å². The smallest absolute Gasteiger partial charge is 0.408 e. The highest BCUT2D eigenvalue weighted by atomic mass is 16.6. The highest BCUT2D eigenvalue weighted by Crippen LogP contribution is 2.29. The van der Waals surface area contributed by atoms with Gasteiger partial charge in [-0.05, 0) is 55.2 Å². The van der Waals surface area contributed by atoms with E-state index in [2.05, 4.69) is 10.6 Å². The fourth-order valence-electron chi connectivity index (χ4n) is 5.80. The molecule has 2 N–H and O–H groups in total. The highest BCUT2D eigenvalue weighted by Gasteiger charge is 2.50. The lowest BCUT2D eigenvalue weighted by Gasteiger charge is -2.26. The summed E-state index contributed by atoms with van der Waals surface area (Å²) in [5, 5.41) is 5.78. The maximum Gasteiger partial charge on any atom is 0.408 e. The number of allylic oxidation sites excluding steroid dienone is 4. The minimum Gasteiger partial charge on any atom is -0.445 e. The Morgan fingerprint density at radius 2 is 1.40 bits per heavy atom. The Balaban J connectivity index is 1.33. The molecule has 0 spiro atoms. The summed E-state index contributed by atoms with van der Waals surface area (Å²) < 4.78 is 10.9. The van der Waals surface area contributed by atoms with E-state index in [9.17, 15) is 19.2 Å². The van der Waals surface area contributed by atoms with Gasteiger partial charge in [0, 0.05) is 12.3 Å². The molecule has 0 aromatic heterocycles. The van der Waals surface area contributed by atoms with E-state index in [0.29, 0.717) is 19.4 Å². The van der Waals surface area contributed by atoms with E-state index >= 15 is 0 Å². The fourth-order valence-corrected chi connectivity index (χ4v) is 5.80. The van der Waals surface area contributed by atoms with Gasteiger partial charge in [0.15, 0.2) is 11.6 Å². The SMILES string of the molecule is C[C@]1(C(=O)[C@H](Cc2ccccc2)NC(=O)[C@@H](CC(=O)[C@@H](CC2C=CC=CC2)NC(=O)OCc2ccccc2)Cc2ccccc2)CO1. The molecule has 8 heteroatoms. The van der Waals surface area contributed by atoms with Crippen molar-refractivity contribution in [3.8, 4) is 0 Å². The molecule has 8 nitrogen and oxygen atoms in total. The quantitative estimate of drug-likeness (QED) is 0.195. The van der Waals surface area contributed by atoms with Crippen LogP contribution in [0.25, 0.3) is 0 Å². The first-order valence-corrected chi connectivity index (χ1v) is 16.2. The molecule has 1 heterocycles. The van der Waals surface area contributed by atoms with Crippen LogP contribution in [0.1, 0.15) is 42.9 Å². The van der Waals surface area contributed by atoms with Gasteiger partial charge in [0.2, 0.25) is 5.91 Å². The second kappa shape index (κ2) is 16.1. The molecule has 5 atom stereocenters. The molecule has 47 heavy (non-hydrogen) atoms. The molecule has 1 fully saturated rings. The van der Waals surface area contributed by atoms with Gasteiger partial charge in [0.05, 0.1) is 18.7 Å². The minimum absolute atomic E-state index is 0.0388. The van der Waals surface area contributed by atoms with Gasteiger partial charge in [-0.15, -0.1) is 0 Å². The molecule has 1 unspecified atom stereocenters. The van der Waals surface area contributed by atoms with Crippen LogP contribution in [0.15, 0.2) is 115 Å².